The molecule has 5 rings (SSSR count). The molecule has 3 aliphatic rings. The quantitative estimate of drug-likeness (QED) is 0.539. The summed E-state index contributed by atoms with van der Waals surface area (Å²) in [7, 11) is 0. The minimum absolute atomic E-state index is 0.0257. The van der Waals surface area contributed by atoms with Crippen molar-refractivity contribution < 1.29 is 14.3 Å². The summed E-state index contributed by atoms with van der Waals surface area (Å²) >= 11 is 5.93. The van der Waals surface area contributed by atoms with Gasteiger partial charge in [0.2, 0.25) is 0 Å². The Labute approximate surface area is 216 Å². The summed E-state index contributed by atoms with van der Waals surface area (Å²) in [6, 6.07) is 14.5. The lowest BCUT2D eigenvalue weighted by atomic mass is 9.80. The maximum Gasteiger partial charge on any atom is 0.322 e. The molecule has 36 heavy (non-hydrogen) atoms. The molecule has 190 valence electrons. The highest BCUT2D eigenvalue weighted by molar-refractivity contribution is 6.31. The van der Waals surface area contributed by atoms with E-state index in [0.717, 1.165) is 45.1 Å². The first-order valence-electron chi connectivity index (χ1n) is 12.8. The van der Waals surface area contributed by atoms with Crippen LogP contribution in [0.5, 0.6) is 0 Å². The summed E-state index contributed by atoms with van der Waals surface area (Å²) in [5, 5.41) is 21.9. The number of amides is 2. The molecule has 8 heteroatoms. The summed E-state index contributed by atoms with van der Waals surface area (Å²) in [6.07, 6.45) is 5.90. The number of aliphatic hydroxyl groups excluding tert-OH is 1. The number of rotatable bonds is 7. The van der Waals surface area contributed by atoms with Crippen LogP contribution in [0.3, 0.4) is 0 Å². The molecule has 0 radical (unpaired) electrons. The number of aliphatic hydroxyl groups is 1. The van der Waals surface area contributed by atoms with Crippen molar-refractivity contribution in [2.24, 2.45) is 5.92 Å². The van der Waals surface area contributed by atoms with Gasteiger partial charge < -0.3 is 15.3 Å². The molecule has 0 spiro atoms. The van der Waals surface area contributed by atoms with Crippen molar-refractivity contribution in [2.45, 2.75) is 56.0 Å². The molecule has 4 atom stereocenters. The van der Waals surface area contributed by atoms with Crippen molar-refractivity contribution in [1.29, 1.82) is 5.26 Å². The van der Waals surface area contributed by atoms with Gasteiger partial charge in [-0.05, 0) is 92.3 Å². The van der Waals surface area contributed by atoms with Crippen LogP contribution in [0.25, 0.3) is 0 Å². The topological polar surface area (TPSA) is 79.6 Å². The van der Waals surface area contributed by atoms with Crippen molar-refractivity contribution in [3.63, 3.8) is 0 Å². The number of nitrogens with one attached hydrogen (secondary N) is 1. The molecule has 2 saturated carbocycles. The molecule has 1 saturated heterocycles. The van der Waals surface area contributed by atoms with Crippen LogP contribution in [0.15, 0.2) is 42.5 Å². The van der Waals surface area contributed by atoms with Gasteiger partial charge in [0, 0.05) is 30.9 Å². The Hall–Kier alpha value is -2.66. The number of nitrogens with zero attached hydrogens (tertiary/aromatic N) is 3. The van der Waals surface area contributed by atoms with Crippen molar-refractivity contribution in [3.05, 3.63) is 64.4 Å². The zero-order chi connectivity index (χ0) is 25.3. The number of benzene rings is 2. The highest BCUT2D eigenvalue weighted by Crippen LogP contribution is 2.62. The first-order valence-corrected chi connectivity index (χ1v) is 13.2. The van der Waals surface area contributed by atoms with E-state index in [1.165, 1.54) is 23.8 Å². The smallest absolute Gasteiger partial charge is 0.322 e. The zero-order valence-electron chi connectivity index (χ0n) is 20.3. The van der Waals surface area contributed by atoms with E-state index in [9.17, 15) is 19.6 Å². The maximum atomic E-state index is 13.6. The van der Waals surface area contributed by atoms with Crippen LogP contribution in [-0.2, 0) is 5.41 Å². The predicted octanol–water partition coefficient (Wildman–Crippen LogP) is 5.15. The van der Waals surface area contributed by atoms with E-state index in [1.54, 1.807) is 0 Å². The number of halogens is 2. The minimum atomic E-state index is -0.520. The molecule has 0 bridgehead atoms. The van der Waals surface area contributed by atoms with Gasteiger partial charge in [0.25, 0.3) is 0 Å². The van der Waals surface area contributed by atoms with E-state index in [2.05, 4.69) is 22.4 Å². The van der Waals surface area contributed by atoms with Gasteiger partial charge in [-0.2, -0.15) is 5.26 Å². The number of likely N-dealkylation sites (tertiary alicyclic amines) is 1. The van der Waals surface area contributed by atoms with E-state index in [0.29, 0.717) is 30.3 Å². The summed E-state index contributed by atoms with van der Waals surface area (Å²) in [5.41, 5.74) is 2.52. The third-order valence-corrected chi connectivity index (χ3v) is 8.78. The molecule has 1 aliphatic heterocycles. The second kappa shape index (κ2) is 10.4. The monoisotopic (exact) mass is 510 g/mol. The van der Waals surface area contributed by atoms with Crippen LogP contribution in [0, 0.1) is 23.1 Å². The fourth-order valence-corrected chi connectivity index (χ4v) is 6.58. The Kier molecular flexibility index (Phi) is 7.21. The summed E-state index contributed by atoms with van der Waals surface area (Å²) in [4.78, 5) is 17.7. The first kappa shape index (κ1) is 25.0. The third-order valence-electron chi connectivity index (χ3n) is 8.49. The molecule has 3 fully saturated rings. The molecule has 6 nitrogen and oxygen atoms in total. The van der Waals surface area contributed by atoms with Gasteiger partial charge in [-0.25, -0.2) is 9.18 Å². The van der Waals surface area contributed by atoms with Crippen LogP contribution in [0.1, 0.15) is 49.7 Å². The highest BCUT2D eigenvalue weighted by Gasteiger charge is 2.58. The molecule has 1 heterocycles. The van der Waals surface area contributed by atoms with Gasteiger partial charge >= 0.3 is 6.03 Å². The zero-order valence-corrected chi connectivity index (χ0v) is 21.1. The molecular weight excluding hydrogens is 479 g/mol. The number of fused-ring (bicyclic) bond motifs is 1. The van der Waals surface area contributed by atoms with E-state index in [1.807, 2.05) is 23.1 Å². The lowest BCUT2D eigenvalue weighted by molar-refractivity contribution is 0.123. The van der Waals surface area contributed by atoms with Crippen LogP contribution in [0.2, 0.25) is 5.02 Å². The van der Waals surface area contributed by atoms with Gasteiger partial charge in [0.1, 0.15) is 5.82 Å². The lowest BCUT2D eigenvalue weighted by Crippen LogP contribution is -2.49. The Morgan fingerprint density at radius 2 is 2.17 bits per heavy atom. The van der Waals surface area contributed by atoms with Crippen molar-refractivity contribution >= 4 is 23.3 Å². The van der Waals surface area contributed by atoms with E-state index in [4.69, 9.17) is 11.6 Å². The molecule has 2 amide bonds. The SMILES string of the molecule is N#Cc1cccc([C@]23CCC(N(CCN4CCC[C@@H]4CO)C(=O)Nc4ccc(F)c(Cl)c4)CC2C3)c1. The third kappa shape index (κ3) is 4.95. The van der Waals surface area contributed by atoms with Crippen LogP contribution < -0.4 is 5.32 Å². The fourth-order valence-electron chi connectivity index (χ4n) is 6.40. The van der Waals surface area contributed by atoms with Gasteiger partial charge in [-0.15, -0.1) is 0 Å². The number of carbonyl (C=O) groups excluding carboxylic acids is 1. The van der Waals surface area contributed by atoms with Crippen molar-refractivity contribution in [1.82, 2.24) is 9.80 Å². The molecule has 2 aromatic rings. The average molecular weight is 511 g/mol. The maximum absolute atomic E-state index is 13.6. The standard InChI is InChI=1S/C28H32ClFN4O2/c29-25-15-22(6-7-26(25)30)32-27(36)34(12-11-33-10-2-5-24(33)18-35)23-8-9-28(16-21(28)14-23)20-4-1-3-19(13-20)17-31/h1,3-4,6-7,13,15,21,23-24,35H,2,5,8-12,14,16,18H2,(H,32,36)/t21?,23?,24-,28-/m1/s1. The largest absolute Gasteiger partial charge is 0.395 e. The number of anilines is 1. The fraction of sp³-hybridized carbons (Fsp3) is 0.500. The van der Waals surface area contributed by atoms with Gasteiger partial charge in [0.15, 0.2) is 0 Å². The molecule has 0 aromatic heterocycles. The molecular formula is C28H32ClFN4O2. The molecule has 2 N–H and O–H groups in total. The number of hydrogen-bond acceptors (Lipinski definition) is 4. The molecule has 2 unspecified atom stereocenters. The predicted molar refractivity (Wildman–Crippen MR) is 137 cm³/mol. The van der Waals surface area contributed by atoms with E-state index < -0.39 is 5.82 Å². The van der Waals surface area contributed by atoms with Crippen LogP contribution >= 0.6 is 11.6 Å². The Morgan fingerprint density at radius 3 is 2.92 bits per heavy atom. The first-order chi connectivity index (χ1) is 17.4. The van der Waals surface area contributed by atoms with Crippen molar-refractivity contribution in [3.8, 4) is 6.07 Å². The van der Waals surface area contributed by atoms with Crippen molar-refractivity contribution in [2.75, 3.05) is 31.6 Å². The Balaban J connectivity index is 1.31. The van der Waals surface area contributed by atoms with Gasteiger partial charge in [-0.3, -0.25) is 4.90 Å². The summed E-state index contributed by atoms with van der Waals surface area (Å²) < 4.78 is 13.6. The van der Waals surface area contributed by atoms with Crippen LogP contribution in [-0.4, -0.2) is 59.3 Å². The summed E-state index contributed by atoms with van der Waals surface area (Å²) in [6.45, 7) is 2.33. The lowest BCUT2D eigenvalue weighted by Gasteiger charge is -2.38. The normalized spacial score (nSPS) is 27.2. The Bertz CT molecular complexity index is 1170. The van der Waals surface area contributed by atoms with E-state index in [-0.39, 0.29) is 35.2 Å². The second-order valence-electron chi connectivity index (χ2n) is 10.4. The average Bonchev–Trinajstić information content (AvgIpc) is 3.46. The number of hydrogen-bond donors (Lipinski definition) is 2. The van der Waals surface area contributed by atoms with Crippen LogP contribution in [0.4, 0.5) is 14.9 Å². The highest BCUT2D eigenvalue weighted by atomic mass is 35.5. The second-order valence-corrected chi connectivity index (χ2v) is 10.9. The number of urea groups is 1. The Morgan fingerprint density at radius 1 is 1.31 bits per heavy atom. The van der Waals surface area contributed by atoms with Gasteiger partial charge in [-0.1, -0.05) is 23.7 Å². The van der Waals surface area contributed by atoms with E-state index >= 15 is 0 Å². The molecule has 2 aliphatic carbocycles. The minimum Gasteiger partial charge on any atom is -0.395 e. The number of carbonyl (C=O) groups is 1. The number of nitriles is 1. The summed E-state index contributed by atoms with van der Waals surface area (Å²) in [5.74, 6) is -0.0360. The van der Waals surface area contributed by atoms with Gasteiger partial charge in [0.05, 0.1) is 23.3 Å². The molecule has 2 aromatic carbocycles.